The van der Waals surface area contributed by atoms with Crippen molar-refractivity contribution in [2.24, 2.45) is 0 Å². The molecule has 0 saturated heterocycles. The fraction of sp³-hybridized carbons (Fsp3) is 0.250. The van der Waals surface area contributed by atoms with Gasteiger partial charge < -0.3 is 9.15 Å². The Morgan fingerprint density at radius 3 is 2.94 bits per heavy atom. The molecule has 3 nitrogen and oxygen atoms in total. The van der Waals surface area contributed by atoms with Crippen molar-refractivity contribution in [3.8, 4) is 5.75 Å². The van der Waals surface area contributed by atoms with Gasteiger partial charge in [-0.3, -0.25) is 0 Å². The van der Waals surface area contributed by atoms with Gasteiger partial charge >= 0.3 is 5.63 Å². The molecule has 16 heavy (non-hydrogen) atoms. The standard InChI is InChI=1S/C12H11BrO3/c1-8-6-12(14)16-11-3-2-9(7-10(8)11)15-5-4-13/h2-3,6-7H,4-5H2,1H3. The van der Waals surface area contributed by atoms with E-state index >= 15 is 0 Å². The first-order valence-corrected chi connectivity index (χ1v) is 6.06. The Morgan fingerprint density at radius 2 is 2.19 bits per heavy atom. The van der Waals surface area contributed by atoms with Crippen LogP contribution in [0.5, 0.6) is 5.75 Å². The number of hydrogen-bond acceptors (Lipinski definition) is 3. The quantitative estimate of drug-likeness (QED) is 0.642. The molecule has 0 N–H and O–H groups in total. The largest absolute Gasteiger partial charge is 0.493 e. The molecule has 0 atom stereocenters. The Kier molecular flexibility index (Phi) is 3.29. The molecule has 1 aromatic carbocycles. The molecule has 0 aliphatic rings. The summed E-state index contributed by atoms with van der Waals surface area (Å²) in [5, 5.41) is 1.69. The van der Waals surface area contributed by atoms with E-state index in [9.17, 15) is 4.79 Å². The highest BCUT2D eigenvalue weighted by atomic mass is 79.9. The van der Waals surface area contributed by atoms with Gasteiger partial charge in [-0.25, -0.2) is 4.79 Å². The Balaban J connectivity index is 2.49. The van der Waals surface area contributed by atoms with E-state index in [1.165, 1.54) is 6.07 Å². The predicted octanol–water partition coefficient (Wildman–Crippen LogP) is 2.88. The molecule has 0 saturated carbocycles. The number of fused-ring (bicyclic) bond motifs is 1. The molecule has 0 radical (unpaired) electrons. The Bertz CT molecular complexity index is 560. The molecule has 2 aromatic rings. The summed E-state index contributed by atoms with van der Waals surface area (Å²) in [4.78, 5) is 11.2. The molecule has 2 rings (SSSR count). The Labute approximate surface area is 101 Å². The van der Waals surface area contributed by atoms with Gasteiger partial charge in [0.15, 0.2) is 0 Å². The zero-order valence-electron chi connectivity index (χ0n) is 8.83. The molecular weight excluding hydrogens is 272 g/mol. The molecular formula is C12H11BrO3. The summed E-state index contributed by atoms with van der Waals surface area (Å²) in [6.45, 7) is 2.49. The zero-order valence-corrected chi connectivity index (χ0v) is 10.4. The van der Waals surface area contributed by atoms with E-state index in [1.807, 2.05) is 13.0 Å². The highest BCUT2D eigenvalue weighted by Crippen LogP contribution is 2.22. The van der Waals surface area contributed by atoms with Crippen LogP contribution >= 0.6 is 15.9 Å². The van der Waals surface area contributed by atoms with Gasteiger partial charge in [0, 0.05) is 16.8 Å². The highest BCUT2D eigenvalue weighted by Gasteiger charge is 2.03. The average Bonchev–Trinajstić information content (AvgIpc) is 2.26. The van der Waals surface area contributed by atoms with E-state index in [1.54, 1.807) is 12.1 Å². The SMILES string of the molecule is Cc1cc(=O)oc2ccc(OCCBr)cc12. The fourth-order valence-electron chi connectivity index (χ4n) is 1.54. The minimum atomic E-state index is -0.320. The van der Waals surface area contributed by atoms with E-state index < -0.39 is 0 Å². The molecule has 0 unspecified atom stereocenters. The summed E-state index contributed by atoms with van der Waals surface area (Å²) in [6.07, 6.45) is 0. The molecule has 1 aromatic heterocycles. The monoisotopic (exact) mass is 282 g/mol. The third kappa shape index (κ3) is 2.27. The third-order valence-electron chi connectivity index (χ3n) is 2.27. The van der Waals surface area contributed by atoms with Crippen molar-refractivity contribution in [3.05, 3.63) is 40.2 Å². The maximum Gasteiger partial charge on any atom is 0.336 e. The van der Waals surface area contributed by atoms with Gasteiger partial charge in [0.25, 0.3) is 0 Å². The Morgan fingerprint density at radius 1 is 1.38 bits per heavy atom. The molecule has 0 fully saturated rings. The van der Waals surface area contributed by atoms with Gasteiger partial charge in [0.2, 0.25) is 0 Å². The van der Waals surface area contributed by atoms with Crippen LogP contribution in [0.15, 0.2) is 33.5 Å². The van der Waals surface area contributed by atoms with Gasteiger partial charge in [-0.2, -0.15) is 0 Å². The number of alkyl halides is 1. The minimum Gasteiger partial charge on any atom is -0.493 e. The maximum absolute atomic E-state index is 11.2. The predicted molar refractivity (Wildman–Crippen MR) is 66.5 cm³/mol. The zero-order chi connectivity index (χ0) is 11.5. The number of ether oxygens (including phenoxy) is 1. The van der Waals surface area contributed by atoms with Crippen molar-refractivity contribution in [2.45, 2.75) is 6.92 Å². The number of halogens is 1. The number of benzene rings is 1. The highest BCUT2D eigenvalue weighted by molar-refractivity contribution is 9.09. The summed E-state index contributed by atoms with van der Waals surface area (Å²) in [6, 6.07) is 6.92. The molecule has 0 spiro atoms. The average molecular weight is 283 g/mol. The normalized spacial score (nSPS) is 10.6. The molecule has 0 amide bonds. The lowest BCUT2D eigenvalue weighted by atomic mass is 10.1. The first-order valence-electron chi connectivity index (χ1n) is 4.94. The summed E-state index contributed by atoms with van der Waals surface area (Å²) in [7, 11) is 0. The number of hydrogen-bond donors (Lipinski definition) is 0. The van der Waals surface area contributed by atoms with Crippen molar-refractivity contribution in [1.29, 1.82) is 0 Å². The molecule has 4 heteroatoms. The molecule has 84 valence electrons. The van der Waals surface area contributed by atoms with E-state index in [0.717, 1.165) is 22.0 Å². The van der Waals surface area contributed by atoms with Gasteiger partial charge in [-0.05, 0) is 30.7 Å². The van der Waals surface area contributed by atoms with Crippen LogP contribution in [0.4, 0.5) is 0 Å². The second-order valence-corrected chi connectivity index (χ2v) is 4.24. The first kappa shape index (κ1) is 11.2. The van der Waals surface area contributed by atoms with Crippen LogP contribution in [0.1, 0.15) is 5.56 Å². The van der Waals surface area contributed by atoms with Gasteiger partial charge in [-0.1, -0.05) is 15.9 Å². The van der Waals surface area contributed by atoms with Crippen molar-refractivity contribution in [2.75, 3.05) is 11.9 Å². The second kappa shape index (κ2) is 4.70. The molecule has 1 heterocycles. The van der Waals surface area contributed by atoms with Crippen LogP contribution < -0.4 is 10.4 Å². The first-order chi connectivity index (χ1) is 7.70. The molecule has 0 bridgehead atoms. The van der Waals surface area contributed by atoms with Gasteiger partial charge in [0.1, 0.15) is 11.3 Å². The van der Waals surface area contributed by atoms with Crippen LogP contribution in [0.3, 0.4) is 0 Å². The topological polar surface area (TPSA) is 39.4 Å². The van der Waals surface area contributed by atoms with Crippen LogP contribution in [-0.2, 0) is 0 Å². The van der Waals surface area contributed by atoms with Crippen LogP contribution in [-0.4, -0.2) is 11.9 Å². The van der Waals surface area contributed by atoms with Gasteiger partial charge in [-0.15, -0.1) is 0 Å². The van der Waals surface area contributed by atoms with E-state index in [2.05, 4.69) is 15.9 Å². The van der Waals surface area contributed by atoms with Crippen molar-refractivity contribution >= 4 is 26.9 Å². The number of rotatable bonds is 3. The lowest BCUT2D eigenvalue weighted by molar-refractivity contribution is 0.345. The number of aryl methyl sites for hydroxylation is 1. The van der Waals surface area contributed by atoms with Crippen molar-refractivity contribution in [3.63, 3.8) is 0 Å². The summed E-state index contributed by atoms with van der Waals surface area (Å²) in [5.41, 5.74) is 1.17. The minimum absolute atomic E-state index is 0.320. The smallest absolute Gasteiger partial charge is 0.336 e. The third-order valence-corrected chi connectivity index (χ3v) is 2.59. The van der Waals surface area contributed by atoms with Gasteiger partial charge in [0.05, 0.1) is 6.61 Å². The van der Waals surface area contributed by atoms with Crippen LogP contribution in [0.25, 0.3) is 11.0 Å². The summed E-state index contributed by atoms with van der Waals surface area (Å²) in [5.74, 6) is 0.781. The summed E-state index contributed by atoms with van der Waals surface area (Å²) < 4.78 is 10.6. The maximum atomic E-state index is 11.2. The van der Waals surface area contributed by atoms with Crippen molar-refractivity contribution in [1.82, 2.24) is 0 Å². The van der Waals surface area contributed by atoms with E-state index in [-0.39, 0.29) is 5.63 Å². The van der Waals surface area contributed by atoms with E-state index in [0.29, 0.717) is 12.2 Å². The second-order valence-electron chi connectivity index (χ2n) is 3.44. The van der Waals surface area contributed by atoms with Crippen LogP contribution in [0.2, 0.25) is 0 Å². The lowest BCUT2D eigenvalue weighted by Gasteiger charge is -2.06. The lowest BCUT2D eigenvalue weighted by Crippen LogP contribution is -2.00. The van der Waals surface area contributed by atoms with Crippen LogP contribution in [0, 0.1) is 6.92 Å². The Hall–Kier alpha value is -1.29. The fourth-order valence-corrected chi connectivity index (χ4v) is 1.71. The van der Waals surface area contributed by atoms with Crippen molar-refractivity contribution < 1.29 is 9.15 Å². The summed E-state index contributed by atoms with van der Waals surface area (Å²) >= 11 is 3.30. The molecule has 0 aliphatic heterocycles. The molecule has 0 aliphatic carbocycles. The van der Waals surface area contributed by atoms with E-state index in [4.69, 9.17) is 9.15 Å².